The molecule has 2 heterocycles. The van der Waals surface area contributed by atoms with Crippen molar-refractivity contribution >= 4 is 49.3 Å². The van der Waals surface area contributed by atoms with Crippen LogP contribution in [0.3, 0.4) is 0 Å². The molecule has 2 aromatic heterocycles. The van der Waals surface area contributed by atoms with Crippen LogP contribution in [-0.4, -0.2) is 9.97 Å². The Morgan fingerprint density at radius 2 is 2.07 bits per heavy atom. The molecule has 1 aromatic carbocycles. The van der Waals surface area contributed by atoms with Crippen molar-refractivity contribution in [3.63, 3.8) is 0 Å². The fourth-order valence-corrected chi connectivity index (χ4v) is 2.40. The van der Waals surface area contributed by atoms with Gasteiger partial charge < -0.3 is 4.98 Å². The number of hydrogen-bond donors (Lipinski definition) is 1. The average molecular weight is 282 g/mol. The number of H-pyrrole nitrogens is 1. The van der Waals surface area contributed by atoms with Crippen LogP contribution in [0.2, 0.25) is 5.15 Å². The van der Waals surface area contributed by atoms with Crippen molar-refractivity contribution in [3.05, 3.63) is 40.1 Å². The Kier molecular flexibility index (Phi) is 1.97. The Morgan fingerprint density at radius 1 is 1.20 bits per heavy atom. The van der Waals surface area contributed by atoms with Crippen molar-refractivity contribution in [2.45, 2.75) is 0 Å². The summed E-state index contributed by atoms with van der Waals surface area (Å²) < 4.78 is 1.05. The van der Waals surface area contributed by atoms with Crippen LogP contribution < -0.4 is 0 Å². The topological polar surface area (TPSA) is 28.7 Å². The molecule has 1 N–H and O–H groups in total. The highest BCUT2D eigenvalue weighted by Crippen LogP contribution is 2.31. The van der Waals surface area contributed by atoms with Gasteiger partial charge in [0.15, 0.2) is 0 Å². The Balaban J connectivity index is 2.59. The molecule has 0 bridgehead atoms. The van der Waals surface area contributed by atoms with Gasteiger partial charge in [-0.2, -0.15) is 0 Å². The van der Waals surface area contributed by atoms with Gasteiger partial charge in [0, 0.05) is 27.0 Å². The van der Waals surface area contributed by atoms with Crippen molar-refractivity contribution in [1.29, 1.82) is 0 Å². The van der Waals surface area contributed by atoms with Gasteiger partial charge in [0.25, 0.3) is 0 Å². The first-order chi connectivity index (χ1) is 7.25. The van der Waals surface area contributed by atoms with Crippen LogP contribution in [0.1, 0.15) is 0 Å². The standard InChI is InChI=1S/C11H6BrClN2/c12-6-1-2-7-9(5-6)15-8-3-4-14-11(13)10(7)8/h1-5,15H. The van der Waals surface area contributed by atoms with Gasteiger partial charge in [0.2, 0.25) is 0 Å². The second kappa shape index (κ2) is 3.22. The highest BCUT2D eigenvalue weighted by molar-refractivity contribution is 9.10. The van der Waals surface area contributed by atoms with Crippen molar-refractivity contribution < 1.29 is 0 Å². The van der Waals surface area contributed by atoms with E-state index in [9.17, 15) is 0 Å². The van der Waals surface area contributed by atoms with E-state index in [2.05, 4.69) is 25.9 Å². The van der Waals surface area contributed by atoms with Crippen LogP contribution in [-0.2, 0) is 0 Å². The fraction of sp³-hybridized carbons (Fsp3) is 0. The molecule has 0 aliphatic carbocycles. The summed E-state index contributed by atoms with van der Waals surface area (Å²) in [5.74, 6) is 0. The number of fused-ring (bicyclic) bond motifs is 3. The van der Waals surface area contributed by atoms with E-state index in [0.29, 0.717) is 5.15 Å². The summed E-state index contributed by atoms with van der Waals surface area (Å²) in [6.07, 6.45) is 1.70. The molecule has 0 aliphatic rings. The number of nitrogens with one attached hydrogen (secondary N) is 1. The van der Waals surface area contributed by atoms with Crippen LogP contribution in [0.15, 0.2) is 34.9 Å². The molecular formula is C11H6BrClN2. The van der Waals surface area contributed by atoms with E-state index in [4.69, 9.17) is 11.6 Å². The Bertz CT molecular complexity index is 660. The number of halogens is 2. The third-order valence-corrected chi connectivity index (χ3v) is 3.20. The van der Waals surface area contributed by atoms with Gasteiger partial charge in [-0.05, 0) is 18.2 Å². The maximum absolute atomic E-state index is 6.07. The Morgan fingerprint density at radius 3 is 2.93 bits per heavy atom. The Labute approximate surface area is 99.4 Å². The first kappa shape index (κ1) is 9.19. The maximum atomic E-state index is 6.07. The van der Waals surface area contributed by atoms with E-state index < -0.39 is 0 Å². The molecule has 0 unspecified atom stereocenters. The smallest absolute Gasteiger partial charge is 0.138 e. The second-order valence-corrected chi connectivity index (χ2v) is 4.61. The van der Waals surface area contributed by atoms with E-state index in [-0.39, 0.29) is 0 Å². The molecule has 2 nitrogen and oxygen atoms in total. The molecule has 0 spiro atoms. The molecule has 0 saturated heterocycles. The lowest BCUT2D eigenvalue weighted by molar-refractivity contribution is 1.36. The van der Waals surface area contributed by atoms with Crippen LogP contribution in [0, 0.1) is 0 Å². The average Bonchev–Trinajstić information content (AvgIpc) is 2.56. The van der Waals surface area contributed by atoms with Gasteiger partial charge in [-0.1, -0.05) is 33.6 Å². The number of rotatable bonds is 0. The lowest BCUT2D eigenvalue weighted by atomic mass is 10.2. The fourth-order valence-electron chi connectivity index (χ4n) is 1.78. The third kappa shape index (κ3) is 1.34. The van der Waals surface area contributed by atoms with Gasteiger partial charge in [-0.15, -0.1) is 0 Å². The van der Waals surface area contributed by atoms with Gasteiger partial charge >= 0.3 is 0 Å². The molecule has 0 aliphatic heterocycles. The lowest BCUT2D eigenvalue weighted by Crippen LogP contribution is -1.74. The summed E-state index contributed by atoms with van der Waals surface area (Å²) in [6.45, 7) is 0. The van der Waals surface area contributed by atoms with Gasteiger partial charge in [-0.25, -0.2) is 4.98 Å². The predicted molar refractivity (Wildman–Crippen MR) is 66.3 cm³/mol. The van der Waals surface area contributed by atoms with Crippen molar-refractivity contribution in [2.24, 2.45) is 0 Å². The number of pyridine rings is 1. The summed E-state index contributed by atoms with van der Waals surface area (Å²) >= 11 is 9.51. The number of aromatic nitrogens is 2. The van der Waals surface area contributed by atoms with Crippen LogP contribution >= 0.6 is 27.5 Å². The molecule has 0 atom stereocenters. The molecule has 15 heavy (non-hydrogen) atoms. The zero-order valence-corrected chi connectivity index (χ0v) is 9.93. The summed E-state index contributed by atoms with van der Waals surface area (Å²) in [6, 6.07) is 7.99. The molecule has 0 amide bonds. The number of aromatic amines is 1. The minimum Gasteiger partial charge on any atom is -0.354 e. The molecule has 0 radical (unpaired) electrons. The predicted octanol–water partition coefficient (Wildman–Crippen LogP) is 4.13. The van der Waals surface area contributed by atoms with Crippen molar-refractivity contribution in [2.75, 3.05) is 0 Å². The zero-order valence-electron chi connectivity index (χ0n) is 7.59. The number of benzene rings is 1. The van der Waals surface area contributed by atoms with E-state index >= 15 is 0 Å². The molecule has 3 rings (SSSR count). The quantitative estimate of drug-likeness (QED) is 0.617. The second-order valence-electron chi connectivity index (χ2n) is 3.34. The molecule has 3 aromatic rings. The van der Waals surface area contributed by atoms with Crippen LogP contribution in [0.25, 0.3) is 21.8 Å². The number of nitrogens with zero attached hydrogens (tertiary/aromatic N) is 1. The van der Waals surface area contributed by atoms with E-state index in [1.807, 2.05) is 24.3 Å². The summed E-state index contributed by atoms with van der Waals surface area (Å²) in [7, 11) is 0. The molecule has 4 heteroatoms. The first-order valence-corrected chi connectivity index (χ1v) is 5.64. The van der Waals surface area contributed by atoms with Gasteiger partial charge in [0.1, 0.15) is 5.15 Å². The molecular weight excluding hydrogens is 275 g/mol. The van der Waals surface area contributed by atoms with E-state index in [0.717, 1.165) is 26.3 Å². The van der Waals surface area contributed by atoms with Gasteiger partial charge in [-0.3, -0.25) is 0 Å². The largest absolute Gasteiger partial charge is 0.354 e. The zero-order chi connectivity index (χ0) is 10.4. The molecule has 0 saturated carbocycles. The summed E-state index contributed by atoms with van der Waals surface area (Å²) in [5.41, 5.74) is 2.08. The maximum Gasteiger partial charge on any atom is 0.138 e. The summed E-state index contributed by atoms with van der Waals surface area (Å²) in [5, 5.41) is 2.63. The third-order valence-electron chi connectivity index (χ3n) is 2.43. The normalized spacial score (nSPS) is 11.3. The molecule has 0 fully saturated rings. The minimum absolute atomic E-state index is 0.543. The minimum atomic E-state index is 0.543. The van der Waals surface area contributed by atoms with Crippen LogP contribution in [0.5, 0.6) is 0 Å². The highest BCUT2D eigenvalue weighted by atomic mass is 79.9. The van der Waals surface area contributed by atoms with Gasteiger partial charge in [0.05, 0.1) is 5.52 Å². The Hall–Kier alpha value is -1.06. The monoisotopic (exact) mass is 280 g/mol. The highest BCUT2D eigenvalue weighted by Gasteiger charge is 2.07. The molecule has 74 valence electrons. The van der Waals surface area contributed by atoms with Crippen molar-refractivity contribution in [1.82, 2.24) is 9.97 Å². The number of hydrogen-bond acceptors (Lipinski definition) is 1. The lowest BCUT2D eigenvalue weighted by Gasteiger charge is -1.93. The van der Waals surface area contributed by atoms with Crippen LogP contribution in [0.4, 0.5) is 0 Å². The van der Waals surface area contributed by atoms with E-state index in [1.54, 1.807) is 6.20 Å². The van der Waals surface area contributed by atoms with Crippen molar-refractivity contribution in [3.8, 4) is 0 Å². The summed E-state index contributed by atoms with van der Waals surface area (Å²) in [4.78, 5) is 7.39. The van der Waals surface area contributed by atoms with E-state index in [1.165, 1.54) is 0 Å². The SMILES string of the molecule is Clc1nccc2[nH]c3cc(Br)ccc3c12. The first-order valence-electron chi connectivity index (χ1n) is 4.47.